The average molecular weight is 558 g/mol. The van der Waals surface area contributed by atoms with E-state index in [0.29, 0.717) is 27.8 Å². The Balaban J connectivity index is 1.65. The molecule has 0 bridgehead atoms. The Morgan fingerprint density at radius 1 is 1.00 bits per heavy atom. The number of phenols is 1. The lowest BCUT2D eigenvalue weighted by Crippen LogP contribution is -2.57. The predicted octanol–water partition coefficient (Wildman–Crippen LogP) is 3.64. The summed E-state index contributed by atoms with van der Waals surface area (Å²) < 4.78 is 0. The summed E-state index contributed by atoms with van der Waals surface area (Å²) in [6.07, 6.45) is -0.232. The summed E-state index contributed by atoms with van der Waals surface area (Å²) in [5.41, 5.74) is 0.501. The lowest BCUT2D eigenvalue weighted by atomic mass is 9.76. The number of carboxylic acids is 1. The molecule has 41 heavy (non-hydrogen) atoms. The fourth-order valence-electron chi connectivity index (χ4n) is 6.05. The van der Waals surface area contributed by atoms with Crippen molar-refractivity contribution in [3.8, 4) is 5.75 Å². The Bertz CT molecular complexity index is 1590. The number of aromatic hydroxyl groups is 1. The number of benzene rings is 3. The van der Waals surface area contributed by atoms with Gasteiger partial charge in [-0.3, -0.25) is 34.6 Å². The number of amides is 2. The number of carboxylic acid groups (broad SMARTS) is 1. The first-order valence-electron chi connectivity index (χ1n) is 12.9. The molecule has 2 fully saturated rings. The SMILES string of the molecule is CC(=O)c1ccc(N2C(=O)C3C(c4cc(C)c(O)c(C)c4)NC(Cc4ccc([N+](=O)[O-])cc4)(C(=O)O)C3C2=O)cc1. The fraction of sp³-hybridized carbons (Fsp3) is 0.267. The summed E-state index contributed by atoms with van der Waals surface area (Å²) in [4.78, 5) is 64.4. The number of ketones is 1. The number of phenolic OH excluding ortho intramolecular Hbond substituents is 1. The number of fused-ring (bicyclic) bond motifs is 1. The number of nitro benzene ring substituents is 1. The first-order chi connectivity index (χ1) is 19.4. The van der Waals surface area contributed by atoms with E-state index < -0.39 is 46.1 Å². The highest BCUT2D eigenvalue weighted by Crippen LogP contribution is 2.51. The maximum atomic E-state index is 14.0. The second kappa shape index (κ2) is 9.93. The Labute approximate surface area is 234 Å². The summed E-state index contributed by atoms with van der Waals surface area (Å²) >= 11 is 0. The van der Waals surface area contributed by atoms with Gasteiger partial charge in [-0.05, 0) is 67.3 Å². The van der Waals surface area contributed by atoms with E-state index in [0.717, 1.165) is 4.90 Å². The number of rotatable bonds is 7. The van der Waals surface area contributed by atoms with Gasteiger partial charge in [0, 0.05) is 30.2 Å². The molecular formula is C30H27N3O8. The maximum Gasteiger partial charge on any atom is 0.325 e. The molecule has 3 aromatic carbocycles. The zero-order valence-electron chi connectivity index (χ0n) is 22.5. The van der Waals surface area contributed by atoms with E-state index in [4.69, 9.17) is 0 Å². The van der Waals surface area contributed by atoms with Crippen molar-refractivity contribution in [3.63, 3.8) is 0 Å². The number of hydrogen-bond donors (Lipinski definition) is 3. The number of aliphatic carboxylic acids is 1. The fourth-order valence-corrected chi connectivity index (χ4v) is 6.05. The lowest BCUT2D eigenvalue weighted by molar-refractivity contribution is -0.384. The zero-order valence-corrected chi connectivity index (χ0v) is 22.5. The number of carbonyl (C=O) groups excluding carboxylic acids is 3. The highest BCUT2D eigenvalue weighted by Gasteiger charge is 2.68. The molecule has 2 amide bonds. The summed E-state index contributed by atoms with van der Waals surface area (Å²) in [5, 5.41) is 35.3. The van der Waals surface area contributed by atoms with E-state index in [2.05, 4.69) is 5.32 Å². The molecule has 2 heterocycles. The molecule has 0 aromatic heterocycles. The lowest BCUT2D eigenvalue weighted by Gasteiger charge is -2.31. The van der Waals surface area contributed by atoms with Crippen molar-refractivity contribution in [2.45, 2.75) is 38.8 Å². The van der Waals surface area contributed by atoms with Crippen molar-refractivity contribution in [2.75, 3.05) is 4.90 Å². The normalized spacial score (nSPS) is 23.5. The molecular weight excluding hydrogens is 530 g/mol. The molecule has 0 saturated carbocycles. The molecule has 2 aliphatic rings. The van der Waals surface area contributed by atoms with Crippen LogP contribution in [0.25, 0.3) is 0 Å². The largest absolute Gasteiger partial charge is 0.507 e. The number of Topliss-reactive ketones (excluding diaryl/α,β-unsaturated/α-hetero) is 1. The zero-order chi connectivity index (χ0) is 29.8. The number of anilines is 1. The molecule has 0 radical (unpaired) electrons. The van der Waals surface area contributed by atoms with Crippen LogP contribution in [0.5, 0.6) is 5.75 Å². The maximum absolute atomic E-state index is 14.0. The number of aryl methyl sites for hydroxylation is 2. The molecule has 4 unspecified atom stereocenters. The third kappa shape index (κ3) is 4.44. The molecule has 0 aliphatic carbocycles. The molecule has 210 valence electrons. The minimum absolute atomic E-state index is 0.0692. The number of nitrogens with zero attached hydrogens (tertiary/aromatic N) is 2. The molecule has 2 saturated heterocycles. The summed E-state index contributed by atoms with van der Waals surface area (Å²) in [7, 11) is 0. The first kappa shape index (κ1) is 27.7. The van der Waals surface area contributed by atoms with Crippen LogP contribution < -0.4 is 10.2 Å². The second-order valence-corrected chi connectivity index (χ2v) is 10.6. The number of nitro groups is 1. The van der Waals surface area contributed by atoms with Gasteiger partial charge in [0.05, 0.1) is 22.4 Å². The van der Waals surface area contributed by atoms with Crippen LogP contribution in [0.3, 0.4) is 0 Å². The molecule has 11 heteroatoms. The van der Waals surface area contributed by atoms with Gasteiger partial charge in [0.2, 0.25) is 11.8 Å². The third-order valence-electron chi connectivity index (χ3n) is 8.07. The Hall–Kier alpha value is -4.90. The van der Waals surface area contributed by atoms with E-state index in [9.17, 15) is 39.5 Å². The van der Waals surface area contributed by atoms with Crippen LogP contribution in [0.2, 0.25) is 0 Å². The van der Waals surface area contributed by atoms with Gasteiger partial charge < -0.3 is 10.2 Å². The van der Waals surface area contributed by atoms with Crippen molar-refractivity contribution in [1.82, 2.24) is 5.32 Å². The molecule has 3 aromatic rings. The van der Waals surface area contributed by atoms with Crippen LogP contribution in [-0.4, -0.2) is 44.2 Å². The minimum Gasteiger partial charge on any atom is -0.507 e. The summed E-state index contributed by atoms with van der Waals surface area (Å²) in [6.45, 7) is 4.76. The number of imide groups is 1. The van der Waals surface area contributed by atoms with E-state index >= 15 is 0 Å². The molecule has 5 rings (SSSR count). The van der Waals surface area contributed by atoms with Gasteiger partial charge in [-0.25, -0.2) is 4.90 Å². The first-order valence-corrected chi connectivity index (χ1v) is 12.9. The molecule has 2 aliphatic heterocycles. The molecule has 0 spiro atoms. The van der Waals surface area contributed by atoms with Gasteiger partial charge in [0.1, 0.15) is 11.3 Å². The Kier molecular flexibility index (Phi) is 6.70. The third-order valence-corrected chi connectivity index (χ3v) is 8.07. The molecule has 11 nitrogen and oxygen atoms in total. The number of non-ortho nitro benzene ring substituents is 1. The van der Waals surface area contributed by atoms with Gasteiger partial charge in [-0.1, -0.05) is 24.3 Å². The van der Waals surface area contributed by atoms with Crippen molar-refractivity contribution >= 4 is 34.9 Å². The quantitative estimate of drug-likeness (QED) is 0.170. The van der Waals surface area contributed by atoms with E-state index in [1.165, 1.54) is 55.5 Å². The monoisotopic (exact) mass is 557 g/mol. The highest BCUT2D eigenvalue weighted by atomic mass is 16.6. The van der Waals surface area contributed by atoms with Crippen LogP contribution in [0.15, 0.2) is 60.7 Å². The van der Waals surface area contributed by atoms with Crippen LogP contribution in [0.1, 0.15) is 45.6 Å². The Morgan fingerprint density at radius 3 is 2.10 bits per heavy atom. The number of nitrogens with one attached hydrogen (secondary N) is 1. The van der Waals surface area contributed by atoms with Crippen LogP contribution in [-0.2, 0) is 20.8 Å². The van der Waals surface area contributed by atoms with Gasteiger partial charge in [-0.2, -0.15) is 0 Å². The van der Waals surface area contributed by atoms with Gasteiger partial charge >= 0.3 is 5.97 Å². The average Bonchev–Trinajstić information content (AvgIpc) is 3.41. The van der Waals surface area contributed by atoms with Crippen molar-refractivity contribution in [1.29, 1.82) is 0 Å². The van der Waals surface area contributed by atoms with Crippen LogP contribution in [0.4, 0.5) is 11.4 Å². The summed E-state index contributed by atoms with van der Waals surface area (Å²) in [6, 6.07) is 13.7. The van der Waals surface area contributed by atoms with Gasteiger partial charge in [0.15, 0.2) is 5.78 Å². The smallest absolute Gasteiger partial charge is 0.325 e. The Morgan fingerprint density at radius 2 is 1.59 bits per heavy atom. The molecule has 4 atom stereocenters. The molecule has 3 N–H and O–H groups in total. The van der Waals surface area contributed by atoms with Gasteiger partial charge in [0.25, 0.3) is 5.69 Å². The minimum atomic E-state index is -1.94. The topological polar surface area (TPSA) is 167 Å². The second-order valence-electron chi connectivity index (χ2n) is 10.6. The van der Waals surface area contributed by atoms with E-state index in [1.807, 2.05) is 0 Å². The number of carbonyl (C=O) groups is 4. The predicted molar refractivity (Wildman–Crippen MR) is 147 cm³/mol. The van der Waals surface area contributed by atoms with Crippen molar-refractivity contribution in [3.05, 3.63) is 98.6 Å². The van der Waals surface area contributed by atoms with Crippen LogP contribution in [0, 0.1) is 35.8 Å². The highest BCUT2D eigenvalue weighted by molar-refractivity contribution is 6.24. The van der Waals surface area contributed by atoms with Gasteiger partial charge in [-0.15, -0.1) is 0 Å². The standard InChI is InChI=1S/C30H27N3O8/c1-15-12-20(13-16(2)26(15)35)25-23-24(28(37)32(27(23)36)21-10-6-19(7-11-21)17(3)34)30(31-25,29(38)39)14-18-4-8-22(9-5-18)33(40)41/h4-13,23-25,31,35H,14H2,1-3H3,(H,38,39). The van der Waals surface area contributed by atoms with Crippen molar-refractivity contribution in [2.24, 2.45) is 11.8 Å². The van der Waals surface area contributed by atoms with Crippen LogP contribution >= 0.6 is 0 Å². The van der Waals surface area contributed by atoms with Crippen molar-refractivity contribution < 1.29 is 34.3 Å². The van der Waals surface area contributed by atoms with E-state index in [1.54, 1.807) is 26.0 Å². The number of hydrogen-bond acceptors (Lipinski definition) is 8. The van der Waals surface area contributed by atoms with E-state index in [-0.39, 0.29) is 29.3 Å². The summed E-state index contributed by atoms with van der Waals surface area (Å²) in [5.74, 6) is -5.20.